The average Bonchev–Trinajstić information content (AvgIpc) is 2.09. The van der Waals surface area contributed by atoms with Gasteiger partial charge in [-0.1, -0.05) is 68.2 Å². The molecule has 0 aliphatic carbocycles. The summed E-state index contributed by atoms with van der Waals surface area (Å²) in [6.45, 7) is 8.57. The van der Waals surface area contributed by atoms with Gasteiger partial charge in [-0.2, -0.15) is 0 Å². The van der Waals surface area contributed by atoms with Crippen LogP contribution in [0, 0.1) is 0 Å². The van der Waals surface area contributed by atoms with Crippen molar-refractivity contribution in [2.75, 3.05) is 0 Å². The topological polar surface area (TPSA) is 17.1 Å². The molecule has 0 saturated heterocycles. The summed E-state index contributed by atoms with van der Waals surface area (Å²) < 4.78 is 0. The molecule has 0 radical (unpaired) electrons. The minimum absolute atomic E-state index is 0.117. The zero-order valence-electron chi connectivity index (χ0n) is 9.90. The Kier molecular flexibility index (Phi) is 6.96. The van der Waals surface area contributed by atoms with Crippen molar-refractivity contribution in [3.63, 3.8) is 0 Å². The van der Waals surface area contributed by atoms with Gasteiger partial charge in [-0.05, 0) is 6.42 Å². The maximum Gasteiger partial charge on any atom is 0.125 e. The fraction of sp³-hybridized carbons (Fsp3) is 0.909. The highest BCUT2D eigenvalue weighted by molar-refractivity contribution is 9.10. The molecule has 1 unspecified atom stereocenters. The van der Waals surface area contributed by atoms with E-state index in [1.165, 1.54) is 25.7 Å². The highest BCUT2D eigenvalue weighted by Gasteiger charge is 2.29. The van der Waals surface area contributed by atoms with Crippen molar-refractivity contribution in [2.45, 2.75) is 63.5 Å². The van der Waals surface area contributed by atoms with Crippen molar-refractivity contribution in [3.8, 4) is 0 Å². The predicted molar refractivity (Wildman–Crippen MR) is 69.8 cm³/mol. The lowest BCUT2D eigenvalue weighted by Crippen LogP contribution is -2.39. The number of carbonyl (C=O) groups is 1. The van der Waals surface area contributed by atoms with E-state index in [4.69, 9.17) is 0 Å². The molecule has 0 bridgehead atoms. The molecule has 0 fully saturated rings. The molecule has 0 spiro atoms. The number of alkyl halides is 1. The fourth-order valence-electron chi connectivity index (χ4n) is 1.35. The Labute approximate surface area is 97.8 Å². The summed E-state index contributed by atoms with van der Waals surface area (Å²) in [6, 6.07) is 0. The molecule has 14 heavy (non-hydrogen) atoms. The highest BCUT2D eigenvalue weighted by Crippen LogP contribution is 2.18. The third-order valence-corrected chi connectivity index (χ3v) is 5.46. The van der Waals surface area contributed by atoms with Gasteiger partial charge in [0.05, 0.1) is 4.83 Å². The SMILES string of the molecule is CCCCCCC(Br)C(=O)[Si](C)(C)C. The second kappa shape index (κ2) is 6.78. The van der Waals surface area contributed by atoms with Crippen molar-refractivity contribution in [1.82, 2.24) is 0 Å². The number of hydrogen-bond acceptors (Lipinski definition) is 1. The quantitative estimate of drug-likeness (QED) is 0.388. The van der Waals surface area contributed by atoms with Crippen LogP contribution in [-0.4, -0.2) is 18.3 Å². The van der Waals surface area contributed by atoms with Gasteiger partial charge in [-0.25, -0.2) is 0 Å². The van der Waals surface area contributed by atoms with E-state index >= 15 is 0 Å². The monoisotopic (exact) mass is 278 g/mol. The molecule has 0 aliphatic heterocycles. The van der Waals surface area contributed by atoms with Crippen LogP contribution in [-0.2, 0) is 4.79 Å². The molecule has 3 heteroatoms. The summed E-state index contributed by atoms with van der Waals surface area (Å²) in [6.07, 6.45) is 6.01. The zero-order valence-corrected chi connectivity index (χ0v) is 12.5. The van der Waals surface area contributed by atoms with Gasteiger partial charge < -0.3 is 4.79 Å². The van der Waals surface area contributed by atoms with E-state index in [1.807, 2.05) is 0 Å². The molecule has 0 amide bonds. The number of unbranched alkanes of at least 4 members (excludes halogenated alkanes) is 3. The van der Waals surface area contributed by atoms with Crippen molar-refractivity contribution in [1.29, 1.82) is 0 Å². The van der Waals surface area contributed by atoms with Crippen LogP contribution >= 0.6 is 15.9 Å². The van der Waals surface area contributed by atoms with E-state index in [0.29, 0.717) is 5.41 Å². The molecule has 0 rings (SSSR count). The van der Waals surface area contributed by atoms with Crippen LogP contribution in [0.2, 0.25) is 19.6 Å². The smallest absolute Gasteiger partial charge is 0.125 e. The minimum Gasteiger partial charge on any atom is -0.304 e. The van der Waals surface area contributed by atoms with Crippen molar-refractivity contribution < 1.29 is 4.79 Å². The summed E-state index contributed by atoms with van der Waals surface area (Å²) in [5.41, 5.74) is 0. The van der Waals surface area contributed by atoms with Gasteiger partial charge in [0.25, 0.3) is 0 Å². The molecule has 0 saturated carbocycles. The van der Waals surface area contributed by atoms with Crippen LogP contribution in [0.15, 0.2) is 0 Å². The molecule has 0 aromatic heterocycles. The van der Waals surface area contributed by atoms with Crippen LogP contribution < -0.4 is 0 Å². The van der Waals surface area contributed by atoms with Gasteiger partial charge >= 0.3 is 0 Å². The van der Waals surface area contributed by atoms with Crippen LogP contribution in [0.1, 0.15) is 39.0 Å². The third kappa shape index (κ3) is 5.97. The fourth-order valence-corrected chi connectivity index (χ4v) is 4.82. The van der Waals surface area contributed by atoms with Gasteiger partial charge in [0.1, 0.15) is 13.5 Å². The van der Waals surface area contributed by atoms with Gasteiger partial charge in [-0.15, -0.1) is 0 Å². The molecular weight excluding hydrogens is 256 g/mol. The molecule has 0 aliphatic rings. The molecule has 0 aromatic rings. The lowest BCUT2D eigenvalue weighted by molar-refractivity contribution is -0.112. The molecule has 0 aromatic carbocycles. The molecule has 1 atom stereocenters. The third-order valence-electron chi connectivity index (χ3n) is 2.33. The van der Waals surface area contributed by atoms with E-state index in [2.05, 4.69) is 42.5 Å². The first-order valence-electron chi connectivity index (χ1n) is 5.58. The van der Waals surface area contributed by atoms with E-state index in [-0.39, 0.29) is 4.83 Å². The van der Waals surface area contributed by atoms with E-state index in [9.17, 15) is 4.79 Å². The second-order valence-electron chi connectivity index (χ2n) is 4.93. The minimum atomic E-state index is -1.58. The molecular formula is C11H23BrOSi. The van der Waals surface area contributed by atoms with Gasteiger partial charge in [0.15, 0.2) is 0 Å². The summed E-state index contributed by atoms with van der Waals surface area (Å²) in [5.74, 6) is 0. The summed E-state index contributed by atoms with van der Waals surface area (Å²) in [5, 5.41) is 0.467. The Morgan fingerprint density at radius 2 is 1.79 bits per heavy atom. The Bertz CT molecular complexity index is 175. The van der Waals surface area contributed by atoms with E-state index in [1.54, 1.807) is 0 Å². The molecule has 84 valence electrons. The average molecular weight is 279 g/mol. The summed E-state index contributed by atoms with van der Waals surface area (Å²) >= 11 is 3.52. The number of rotatable bonds is 7. The Morgan fingerprint density at radius 1 is 1.21 bits per heavy atom. The van der Waals surface area contributed by atoms with Gasteiger partial charge in [-0.3, -0.25) is 0 Å². The van der Waals surface area contributed by atoms with Crippen LogP contribution in [0.5, 0.6) is 0 Å². The van der Waals surface area contributed by atoms with Crippen LogP contribution in [0.4, 0.5) is 0 Å². The lowest BCUT2D eigenvalue weighted by Gasteiger charge is -2.18. The van der Waals surface area contributed by atoms with E-state index in [0.717, 1.165) is 6.42 Å². The summed E-state index contributed by atoms with van der Waals surface area (Å²) in [4.78, 5) is 12.0. The maximum atomic E-state index is 11.8. The van der Waals surface area contributed by atoms with Crippen molar-refractivity contribution in [3.05, 3.63) is 0 Å². The second-order valence-corrected chi connectivity index (χ2v) is 11.0. The normalized spacial score (nSPS) is 14.1. The zero-order chi connectivity index (χ0) is 11.2. The largest absolute Gasteiger partial charge is 0.304 e. The van der Waals surface area contributed by atoms with Crippen molar-refractivity contribution in [2.24, 2.45) is 0 Å². The van der Waals surface area contributed by atoms with E-state index < -0.39 is 8.07 Å². The maximum absolute atomic E-state index is 11.8. The summed E-state index contributed by atoms with van der Waals surface area (Å²) in [7, 11) is -1.58. The number of carbonyl (C=O) groups excluding carboxylic acids is 1. The Morgan fingerprint density at radius 3 is 2.21 bits per heavy atom. The standard InChI is InChI=1S/C11H23BrOSi/c1-5-6-7-8-9-10(12)11(13)14(2,3)4/h10H,5-9H2,1-4H3. The molecule has 0 N–H and O–H groups in total. The number of halogens is 1. The Hall–Kier alpha value is 0.367. The van der Waals surface area contributed by atoms with Crippen LogP contribution in [0.3, 0.4) is 0 Å². The van der Waals surface area contributed by atoms with Crippen molar-refractivity contribution >= 4 is 29.4 Å². The van der Waals surface area contributed by atoms with Gasteiger partial charge in [0.2, 0.25) is 0 Å². The molecule has 1 nitrogen and oxygen atoms in total. The first-order chi connectivity index (χ1) is 6.39. The lowest BCUT2D eigenvalue weighted by atomic mass is 10.1. The van der Waals surface area contributed by atoms with Gasteiger partial charge in [0, 0.05) is 0 Å². The number of hydrogen-bond donors (Lipinski definition) is 0. The first kappa shape index (κ1) is 14.4. The molecule has 0 heterocycles. The first-order valence-corrected chi connectivity index (χ1v) is 9.99. The Balaban J connectivity index is 3.74. The predicted octanol–water partition coefficient (Wildman–Crippen LogP) is 4.17. The van der Waals surface area contributed by atoms with Crippen LogP contribution in [0.25, 0.3) is 0 Å². The highest BCUT2D eigenvalue weighted by atomic mass is 79.9.